The van der Waals surface area contributed by atoms with Gasteiger partial charge in [0.25, 0.3) is 0 Å². The van der Waals surface area contributed by atoms with Gasteiger partial charge in [-0.05, 0) is 56.7 Å². The van der Waals surface area contributed by atoms with Gasteiger partial charge in [-0.1, -0.05) is 17.7 Å². The van der Waals surface area contributed by atoms with E-state index in [0.29, 0.717) is 13.2 Å². The summed E-state index contributed by atoms with van der Waals surface area (Å²) in [5.41, 5.74) is 2.32. The summed E-state index contributed by atoms with van der Waals surface area (Å²) in [4.78, 5) is 13.2. The van der Waals surface area contributed by atoms with Gasteiger partial charge in [-0.3, -0.25) is 4.79 Å². The first-order valence-corrected chi connectivity index (χ1v) is 9.16. The summed E-state index contributed by atoms with van der Waals surface area (Å²) in [6, 6.07) is 13.8. The smallest absolute Gasteiger partial charge is 0.233 e. The molecule has 0 saturated heterocycles. The lowest BCUT2D eigenvalue weighted by atomic mass is 10.1. The van der Waals surface area contributed by atoms with Crippen molar-refractivity contribution in [1.29, 1.82) is 0 Å². The number of amides is 1. The number of ether oxygens (including phenoxy) is 2. The quantitative estimate of drug-likeness (QED) is 0.572. The van der Waals surface area contributed by atoms with Gasteiger partial charge in [0.1, 0.15) is 18.1 Å². The molecule has 0 saturated carbocycles. The number of carbonyl (C=O) groups is 1. The Morgan fingerprint density at radius 1 is 1.16 bits per heavy atom. The minimum Gasteiger partial charge on any atom is -0.497 e. The molecule has 1 amide bonds. The minimum atomic E-state index is -0.172. The largest absolute Gasteiger partial charge is 0.497 e. The van der Waals surface area contributed by atoms with Crippen LogP contribution in [0, 0.1) is 13.8 Å². The van der Waals surface area contributed by atoms with Crippen molar-refractivity contribution in [2.75, 3.05) is 20.3 Å². The Hall–Kier alpha value is -2.14. The van der Waals surface area contributed by atoms with Crippen LogP contribution in [0.15, 0.2) is 47.4 Å². The highest BCUT2D eigenvalue weighted by Crippen LogP contribution is 2.25. The summed E-state index contributed by atoms with van der Waals surface area (Å²) in [6.07, 6.45) is 0. The van der Waals surface area contributed by atoms with Crippen molar-refractivity contribution in [3.63, 3.8) is 0 Å². The summed E-state index contributed by atoms with van der Waals surface area (Å²) in [7, 11) is 1.64. The maximum absolute atomic E-state index is 12.2. The van der Waals surface area contributed by atoms with E-state index in [1.54, 1.807) is 7.11 Å². The first-order chi connectivity index (χ1) is 12.0. The topological polar surface area (TPSA) is 47.6 Å². The molecule has 134 valence electrons. The summed E-state index contributed by atoms with van der Waals surface area (Å²) < 4.78 is 10.9. The van der Waals surface area contributed by atoms with Crippen LogP contribution in [0.5, 0.6) is 11.5 Å². The molecule has 1 N–H and O–H groups in total. The van der Waals surface area contributed by atoms with E-state index in [0.717, 1.165) is 22.0 Å². The monoisotopic (exact) mass is 359 g/mol. The van der Waals surface area contributed by atoms with Gasteiger partial charge in [-0.15, -0.1) is 11.8 Å². The number of carbonyl (C=O) groups excluding carboxylic acids is 1. The summed E-state index contributed by atoms with van der Waals surface area (Å²) >= 11 is 1.52. The van der Waals surface area contributed by atoms with Crippen molar-refractivity contribution in [1.82, 2.24) is 5.32 Å². The molecule has 0 heterocycles. The van der Waals surface area contributed by atoms with Crippen molar-refractivity contribution in [2.24, 2.45) is 0 Å². The molecule has 0 spiro atoms. The molecule has 2 aromatic carbocycles. The van der Waals surface area contributed by atoms with Crippen molar-refractivity contribution in [3.05, 3.63) is 53.6 Å². The fraction of sp³-hybridized carbons (Fsp3) is 0.350. The van der Waals surface area contributed by atoms with Gasteiger partial charge in [0.05, 0.1) is 18.9 Å². The Balaban J connectivity index is 1.73. The highest BCUT2D eigenvalue weighted by atomic mass is 32.2. The van der Waals surface area contributed by atoms with Crippen LogP contribution in [0.1, 0.15) is 18.1 Å². The number of aryl methyl sites for hydroxylation is 2. The van der Waals surface area contributed by atoms with Gasteiger partial charge in [-0.25, -0.2) is 0 Å². The third-order valence-electron chi connectivity index (χ3n) is 3.73. The highest BCUT2D eigenvalue weighted by Gasteiger charge is 2.14. The third-order valence-corrected chi connectivity index (χ3v) is 4.84. The molecule has 4 nitrogen and oxygen atoms in total. The van der Waals surface area contributed by atoms with Crippen LogP contribution in [-0.2, 0) is 4.79 Å². The Bertz CT molecular complexity index is 701. The lowest BCUT2D eigenvalue weighted by Gasteiger charge is -2.13. The molecule has 0 aliphatic heterocycles. The van der Waals surface area contributed by atoms with Gasteiger partial charge in [-0.2, -0.15) is 0 Å². The fourth-order valence-electron chi connectivity index (χ4n) is 2.35. The molecule has 1 atom stereocenters. The second-order valence-electron chi connectivity index (χ2n) is 5.84. The Labute approximate surface area is 153 Å². The molecule has 0 aliphatic carbocycles. The average Bonchev–Trinajstić information content (AvgIpc) is 2.60. The molecule has 0 aliphatic rings. The summed E-state index contributed by atoms with van der Waals surface area (Å²) in [5, 5.41) is 2.75. The van der Waals surface area contributed by atoms with E-state index >= 15 is 0 Å². The molecular formula is C20H25NO3S. The first kappa shape index (κ1) is 19.2. The normalized spacial score (nSPS) is 11.7. The number of nitrogens with one attached hydrogen (secondary N) is 1. The van der Waals surface area contributed by atoms with Crippen molar-refractivity contribution >= 4 is 17.7 Å². The Morgan fingerprint density at radius 2 is 1.88 bits per heavy atom. The third kappa shape index (κ3) is 6.02. The predicted octanol–water partition coefficient (Wildman–Crippen LogP) is 3.99. The average molecular weight is 359 g/mol. The number of hydrogen-bond acceptors (Lipinski definition) is 4. The first-order valence-electron chi connectivity index (χ1n) is 8.28. The van der Waals surface area contributed by atoms with E-state index < -0.39 is 0 Å². The van der Waals surface area contributed by atoms with E-state index in [4.69, 9.17) is 9.47 Å². The number of thioether (sulfide) groups is 1. The second-order valence-corrected chi connectivity index (χ2v) is 7.26. The van der Waals surface area contributed by atoms with Gasteiger partial charge < -0.3 is 14.8 Å². The number of benzene rings is 2. The zero-order valence-electron chi connectivity index (χ0n) is 15.2. The van der Waals surface area contributed by atoms with Gasteiger partial charge >= 0.3 is 0 Å². The Kier molecular flexibility index (Phi) is 7.19. The fourth-order valence-corrected chi connectivity index (χ4v) is 3.24. The van der Waals surface area contributed by atoms with E-state index in [2.05, 4.69) is 18.3 Å². The molecule has 0 aromatic heterocycles. The molecule has 2 aromatic rings. The maximum atomic E-state index is 12.2. The van der Waals surface area contributed by atoms with Crippen LogP contribution in [0.3, 0.4) is 0 Å². The van der Waals surface area contributed by atoms with E-state index in [1.165, 1.54) is 17.3 Å². The molecule has 0 radical (unpaired) electrons. The van der Waals surface area contributed by atoms with Crippen molar-refractivity contribution < 1.29 is 14.3 Å². The zero-order valence-corrected chi connectivity index (χ0v) is 16.0. The van der Waals surface area contributed by atoms with Crippen LogP contribution < -0.4 is 14.8 Å². The Morgan fingerprint density at radius 3 is 2.52 bits per heavy atom. The van der Waals surface area contributed by atoms with Crippen LogP contribution in [0.4, 0.5) is 0 Å². The molecule has 0 fully saturated rings. The molecule has 1 unspecified atom stereocenters. The zero-order chi connectivity index (χ0) is 18.2. The molecular weight excluding hydrogens is 334 g/mol. The maximum Gasteiger partial charge on any atom is 0.233 e. The standard InChI is InChI=1S/C20H25NO3S/c1-14-5-10-19(15(2)13-14)24-12-11-21-20(22)16(3)25-18-8-6-17(23-4)7-9-18/h5-10,13,16H,11-12H2,1-4H3,(H,21,22). The van der Waals surface area contributed by atoms with Crippen molar-refractivity contribution in [3.8, 4) is 11.5 Å². The number of rotatable bonds is 8. The second kappa shape index (κ2) is 9.37. The molecule has 0 bridgehead atoms. The summed E-state index contributed by atoms with van der Waals surface area (Å²) in [6.45, 7) is 6.91. The van der Waals surface area contributed by atoms with Crippen LogP contribution >= 0.6 is 11.8 Å². The predicted molar refractivity (Wildman–Crippen MR) is 103 cm³/mol. The molecule has 5 heteroatoms. The van der Waals surface area contributed by atoms with E-state index in [1.807, 2.05) is 50.2 Å². The SMILES string of the molecule is COc1ccc(SC(C)C(=O)NCCOc2ccc(C)cc2C)cc1. The van der Waals surface area contributed by atoms with Crippen LogP contribution in [-0.4, -0.2) is 31.4 Å². The van der Waals surface area contributed by atoms with Gasteiger partial charge in [0, 0.05) is 4.90 Å². The van der Waals surface area contributed by atoms with Gasteiger partial charge in [0.2, 0.25) is 5.91 Å². The van der Waals surface area contributed by atoms with E-state index in [-0.39, 0.29) is 11.2 Å². The number of methoxy groups -OCH3 is 1. The lowest BCUT2D eigenvalue weighted by molar-refractivity contribution is -0.120. The highest BCUT2D eigenvalue weighted by molar-refractivity contribution is 8.00. The van der Waals surface area contributed by atoms with Gasteiger partial charge in [0.15, 0.2) is 0 Å². The molecule has 25 heavy (non-hydrogen) atoms. The summed E-state index contributed by atoms with van der Waals surface area (Å²) in [5.74, 6) is 1.68. The molecule has 2 rings (SSSR count). The lowest BCUT2D eigenvalue weighted by Crippen LogP contribution is -2.34. The van der Waals surface area contributed by atoms with Crippen molar-refractivity contribution in [2.45, 2.75) is 30.9 Å². The van der Waals surface area contributed by atoms with Crippen LogP contribution in [0.2, 0.25) is 0 Å². The minimum absolute atomic E-state index is 0.00467. The van der Waals surface area contributed by atoms with E-state index in [9.17, 15) is 4.79 Å². The number of hydrogen-bond donors (Lipinski definition) is 1. The van der Waals surface area contributed by atoms with Crippen LogP contribution in [0.25, 0.3) is 0 Å².